The molecule has 126 valence electrons. The van der Waals surface area contributed by atoms with E-state index in [1.165, 1.54) is 7.11 Å². The minimum absolute atomic E-state index is 0.122. The molecule has 1 fully saturated rings. The number of methoxy groups -OCH3 is 1. The van der Waals surface area contributed by atoms with Gasteiger partial charge in [0.2, 0.25) is 0 Å². The first-order valence-corrected chi connectivity index (χ1v) is 8.51. The van der Waals surface area contributed by atoms with Crippen LogP contribution >= 0.6 is 15.9 Å². The lowest BCUT2D eigenvalue weighted by Gasteiger charge is -2.44. The van der Waals surface area contributed by atoms with E-state index in [2.05, 4.69) is 15.9 Å². The number of carbonyl (C=O) groups excluding carboxylic acids is 2. The van der Waals surface area contributed by atoms with E-state index in [4.69, 9.17) is 9.47 Å². The first-order chi connectivity index (χ1) is 10.7. The lowest BCUT2D eigenvalue weighted by Crippen LogP contribution is -2.61. The SMILES string of the molecule is CCc1cc(Br)ccc1C1C(=O)C(C)(C)OC(C)(COC)C1=O. The number of carbonyl (C=O) groups is 2. The molecular formula is C18H23BrO4. The van der Waals surface area contributed by atoms with Gasteiger partial charge >= 0.3 is 0 Å². The van der Waals surface area contributed by atoms with E-state index in [0.29, 0.717) is 0 Å². The maximum Gasteiger partial charge on any atom is 0.181 e. The van der Waals surface area contributed by atoms with E-state index in [-0.39, 0.29) is 18.2 Å². The lowest BCUT2D eigenvalue weighted by molar-refractivity contribution is -0.195. The Morgan fingerprint density at radius 3 is 2.43 bits per heavy atom. The summed E-state index contributed by atoms with van der Waals surface area (Å²) in [5, 5.41) is 0. The second kappa shape index (κ2) is 6.46. The van der Waals surface area contributed by atoms with E-state index in [1.807, 2.05) is 25.1 Å². The Labute approximate surface area is 145 Å². The van der Waals surface area contributed by atoms with Crippen LogP contribution in [0.2, 0.25) is 0 Å². The zero-order valence-electron chi connectivity index (χ0n) is 14.2. The molecule has 0 spiro atoms. The van der Waals surface area contributed by atoms with Gasteiger partial charge in [-0.15, -0.1) is 0 Å². The highest BCUT2D eigenvalue weighted by Gasteiger charge is 2.55. The highest BCUT2D eigenvalue weighted by molar-refractivity contribution is 9.10. The van der Waals surface area contributed by atoms with E-state index in [0.717, 1.165) is 22.0 Å². The predicted octanol–water partition coefficient (Wildman–Crippen LogP) is 3.45. The second-order valence-corrected chi connectivity index (χ2v) is 7.55. The van der Waals surface area contributed by atoms with Gasteiger partial charge < -0.3 is 9.47 Å². The van der Waals surface area contributed by atoms with Gasteiger partial charge in [0.25, 0.3) is 0 Å². The Morgan fingerprint density at radius 1 is 1.22 bits per heavy atom. The van der Waals surface area contributed by atoms with Crippen LogP contribution in [0.1, 0.15) is 44.7 Å². The summed E-state index contributed by atoms with van der Waals surface area (Å²) in [5.74, 6) is -1.25. The van der Waals surface area contributed by atoms with Gasteiger partial charge in [0.1, 0.15) is 17.1 Å². The van der Waals surface area contributed by atoms with Gasteiger partial charge in [0, 0.05) is 11.6 Å². The highest BCUT2D eigenvalue weighted by atomic mass is 79.9. The van der Waals surface area contributed by atoms with E-state index in [1.54, 1.807) is 20.8 Å². The van der Waals surface area contributed by atoms with Gasteiger partial charge in [0.05, 0.1) is 6.61 Å². The fourth-order valence-corrected chi connectivity index (χ4v) is 3.66. The summed E-state index contributed by atoms with van der Waals surface area (Å²) in [6.07, 6.45) is 0.744. The maximum absolute atomic E-state index is 13.1. The average Bonchev–Trinajstić information content (AvgIpc) is 2.47. The summed E-state index contributed by atoms with van der Waals surface area (Å²) in [6, 6.07) is 5.69. The Bertz CT molecular complexity index is 638. The first-order valence-electron chi connectivity index (χ1n) is 7.72. The molecule has 1 aromatic rings. The van der Waals surface area contributed by atoms with Crippen molar-refractivity contribution in [3.63, 3.8) is 0 Å². The zero-order valence-corrected chi connectivity index (χ0v) is 15.8. The normalized spacial score (nSPS) is 27.3. The topological polar surface area (TPSA) is 52.6 Å². The molecule has 0 aromatic heterocycles. The maximum atomic E-state index is 13.1. The van der Waals surface area contributed by atoms with E-state index >= 15 is 0 Å². The van der Waals surface area contributed by atoms with Gasteiger partial charge in [-0.2, -0.15) is 0 Å². The third-order valence-electron chi connectivity index (χ3n) is 4.34. The van der Waals surface area contributed by atoms with Crippen LogP contribution in [0.5, 0.6) is 0 Å². The quantitative estimate of drug-likeness (QED) is 0.748. The highest BCUT2D eigenvalue weighted by Crippen LogP contribution is 2.40. The van der Waals surface area contributed by atoms with Gasteiger partial charge in [-0.3, -0.25) is 9.59 Å². The van der Waals surface area contributed by atoms with Crippen LogP contribution in [-0.4, -0.2) is 36.5 Å². The molecule has 0 N–H and O–H groups in total. The standard InChI is InChI=1S/C18H23BrO4/c1-6-11-9-12(19)7-8-13(11)14-15(20)17(2,3)23-18(4,10-22-5)16(14)21/h7-9,14H,6,10H2,1-5H3. The molecule has 1 aliphatic heterocycles. The molecule has 1 aliphatic rings. The van der Waals surface area contributed by atoms with Crippen LogP contribution in [0.25, 0.3) is 0 Å². The van der Waals surface area contributed by atoms with Crippen LogP contribution in [-0.2, 0) is 25.5 Å². The van der Waals surface area contributed by atoms with E-state index < -0.39 is 17.1 Å². The van der Waals surface area contributed by atoms with Crippen LogP contribution in [0.3, 0.4) is 0 Å². The number of hydrogen-bond donors (Lipinski definition) is 0. The minimum atomic E-state index is -1.13. The Hall–Kier alpha value is -1.04. The molecule has 0 bridgehead atoms. The third kappa shape index (κ3) is 3.28. The molecule has 1 saturated heterocycles. The van der Waals surface area contributed by atoms with Crippen molar-refractivity contribution in [2.45, 2.75) is 51.2 Å². The van der Waals surface area contributed by atoms with Crippen molar-refractivity contribution in [3.05, 3.63) is 33.8 Å². The van der Waals surface area contributed by atoms with Crippen LogP contribution < -0.4 is 0 Å². The van der Waals surface area contributed by atoms with Crippen LogP contribution in [0.4, 0.5) is 0 Å². The molecule has 2 rings (SSSR count). The minimum Gasteiger partial charge on any atom is -0.381 e. The summed E-state index contributed by atoms with van der Waals surface area (Å²) in [6.45, 7) is 7.26. The number of aryl methyl sites for hydroxylation is 1. The summed E-state index contributed by atoms with van der Waals surface area (Å²) in [4.78, 5) is 26.0. The molecule has 0 radical (unpaired) electrons. The predicted molar refractivity (Wildman–Crippen MR) is 91.7 cm³/mol. The van der Waals surface area contributed by atoms with Gasteiger partial charge in [-0.05, 0) is 50.5 Å². The molecule has 0 amide bonds. The molecule has 2 unspecified atom stereocenters. The summed E-state index contributed by atoms with van der Waals surface area (Å²) < 4.78 is 12.0. The van der Waals surface area contributed by atoms with Crippen molar-refractivity contribution in [1.82, 2.24) is 0 Å². The van der Waals surface area contributed by atoms with E-state index in [9.17, 15) is 9.59 Å². The molecule has 0 saturated carbocycles. The molecule has 0 aliphatic carbocycles. The number of ketones is 2. The molecule has 23 heavy (non-hydrogen) atoms. The van der Waals surface area contributed by atoms with Gasteiger partial charge in [-0.25, -0.2) is 0 Å². The number of halogens is 1. The summed E-state index contributed by atoms with van der Waals surface area (Å²) in [7, 11) is 1.53. The Kier molecular flexibility index (Phi) is 5.14. The Morgan fingerprint density at radius 2 is 1.87 bits per heavy atom. The number of hydrogen-bond acceptors (Lipinski definition) is 4. The average molecular weight is 383 g/mol. The monoisotopic (exact) mass is 382 g/mol. The smallest absolute Gasteiger partial charge is 0.181 e. The van der Waals surface area contributed by atoms with Gasteiger partial charge in [-0.1, -0.05) is 28.9 Å². The van der Waals surface area contributed by atoms with Crippen LogP contribution in [0.15, 0.2) is 22.7 Å². The number of benzene rings is 1. The second-order valence-electron chi connectivity index (χ2n) is 6.63. The number of ether oxygens (including phenoxy) is 2. The third-order valence-corrected chi connectivity index (χ3v) is 4.83. The van der Waals surface area contributed by atoms with Crippen molar-refractivity contribution in [2.75, 3.05) is 13.7 Å². The number of Topliss-reactive ketones (excluding diaryl/α,β-unsaturated/α-hetero) is 2. The molecule has 5 heteroatoms. The Balaban J connectivity index is 2.58. The summed E-state index contributed by atoms with van der Waals surface area (Å²) in [5.41, 5.74) is -0.410. The molecule has 4 nitrogen and oxygen atoms in total. The van der Waals surface area contributed by atoms with Crippen molar-refractivity contribution < 1.29 is 19.1 Å². The first kappa shape index (κ1) is 18.3. The largest absolute Gasteiger partial charge is 0.381 e. The molecule has 1 heterocycles. The lowest BCUT2D eigenvalue weighted by atomic mass is 9.73. The van der Waals surface area contributed by atoms with Crippen LogP contribution in [0, 0.1) is 0 Å². The zero-order chi connectivity index (χ0) is 17.4. The van der Waals surface area contributed by atoms with Gasteiger partial charge in [0.15, 0.2) is 11.6 Å². The molecule has 1 aromatic carbocycles. The van der Waals surface area contributed by atoms with Crippen molar-refractivity contribution in [3.8, 4) is 0 Å². The van der Waals surface area contributed by atoms with Crippen molar-refractivity contribution in [1.29, 1.82) is 0 Å². The number of rotatable bonds is 4. The van der Waals surface area contributed by atoms with Crippen molar-refractivity contribution >= 4 is 27.5 Å². The fraction of sp³-hybridized carbons (Fsp3) is 0.556. The molecular weight excluding hydrogens is 360 g/mol. The van der Waals surface area contributed by atoms with Crippen molar-refractivity contribution in [2.24, 2.45) is 0 Å². The fourth-order valence-electron chi connectivity index (χ4n) is 3.26. The summed E-state index contributed by atoms with van der Waals surface area (Å²) >= 11 is 3.45. The molecule has 2 atom stereocenters.